The molecule has 0 saturated carbocycles. The van der Waals surface area contributed by atoms with E-state index in [0.717, 1.165) is 6.42 Å². The molecular weight excluding hydrogens is 185 g/mol. The Labute approximate surface area is 99.5 Å². The van der Waals surface area contributed by atoms with Crippen molar-refractivity contribution in [1.29, 1.82) is 0 Å². The van der Waals surface area contributed by atoms with E-state index in [0.29, 0.717) is 13.1 Å². The van der Waals surface area contributed by atoms with E-state index < -0.39 is 4.86 Å². The smallest absolute Gasteiger partial charge is 0.738 e. The predicted octanol–water partition coefficient (Wildman–Crippen LogP) is -3.94. The Bertz CT molecular complexity index is 158. The van der Waals surface area contributed by atoms with Gasteiger partial charge in [-0.3, -0.25) is 0 Å². The summed E-state index contributed by atoms with van der Waals surface area (Å²) in [4.78, 5) is -0.851. The molecule has 13 heavy (non-hydrogen) atoms. The monoisotopic (exact) mass is 200 g/mol. The number of aliphatic hydroxyl groups is 1. The van der Waals surface area contributed by atoms with Crippen LogP contribution in [0.25, 0.3) is 0 Å². The quantitative estimate of drug-likeness (QED) is 0.246. The Kier molecular flexibility index (Phi) is 5.92. The molecule has 1 fully saturated rings. The Morgan fingerprint density at radius 2 is 2.31 bits per heavy atom. The third-order valence-corrected chi connectivity index (χ3v) is 2.25. The van der Waals surface area contributed by atoms with E-state index in [1.807, 2.05) is 0 Å². The van der Waals surface area contributed by atoms with E-state index in [1.165, 1.54) is 12.6 Å². The number of aliphatic hydroxyl groups excluding tert-OH is 1. The molecule has 0 aromatic carbocycles. The van der Waals surface area contributed by atoms with Crippen molar-refractivity contribution in [2.75, 3.05) is 26.7 Å². The molecule has 0 spiro atoms. The molecule has 1 heterocycles. The van der Waals surface area contributed by atoms with Gasteiger partial charge in [0, 0.05) is 12.5 Å². The van der Waals surface area contributed by atoms with Gasteiger partial charge in [0.1, 0.15) is 7.05 Å². The van der Waals surface area contributed by atoms with Crippen molar-refractivity contribution in [3.63, 3.8) is 0 Å². The van der Waals surface area contributed by atoms with Crippen molar-refractivity contribution in [3.8, 4) is 0 Å². The van der Waals surface area contributed by atoms with Crippen LogP contribution in [0.2, 0.25) is 0 Å². The maximum atomic E-state index is 10.3. The topological polar surface area (TPSA) is 78.8 Å². The van der Waals surface area contributed by atoms with Crippen molar-refractivity contribution in [3.05, 3.63) is 5.21 Å². The fourth-order valence-corrected chi connectivity index (χ4v) is 1.37. The first-order valence-electron chi connectivity index (χ1n) is 3.95. The van der Waals surface area contributed by atoms with Crippen LogP contribution in [0.1, 0.15) is 6.42 Å². The van der Waals surface area contributed by atoms with Crippen molar-refractivity contribution < 1.29 is 44.7 Å². The standard InChI is InChI=1S/C6H15N3O3.Na/c1-9(12,7-11)8-3-2-6(4-8)5-10;/h6-7,10,12H,2-5H2,1H3;/q;+1. The summed E-state index contributed by atoms with van der Waals surface area (Å²) in [6.07, 6.45) is 0.812. The second-order valence-electron chi connectivity index (χ2n) is 3.25. The summed E-state index contributed by atoms with van der Waals surface area (Å²) in [6.45, 7) is 1.27. The Balaban J connectivity index is 0.00000144. The van der Waals surface area contributed by atoms with Crippen molar-refractivity contribution >= 4 is 0 Å². The van der Waals surface area contributed by atoms with Gasteiger partial charge < -0.3 is 10.3 Å². The Hall–Kier alpha value is 0.760. The molecule has 0 aromatic rings. The fourth-order valence-electron chi connectivity index (χ4n) is 1.37. The molecule has 0 radical (unpaired) electrons. The summed E-state index contributed by atoms with van der Waals surface area (Å²) >= 11 is 0. The summed E-state index contributed by atoms with van der Waals surface area (Å²) in [5, 5.41) is 30.1. The molecule has 0 bridgehead atoms. The molecule has 1 rings (SSSR count). The van der Waals surface area contributed by atoms with Gasteiger partial charge in [-0.1, -0.05) is 0 Å². The first-order chi connectivity index (χ1) is 5.60. The molecule has 1 aliphatic rings. The Morgan fingerprint density at radius 3 is 2.69 bits per heavy atom. The van der Waals surface area contributed by atoms with Crippen LogP contribution in [-0.4, -0.2) is 46.9 Å². The minimum absolute atomic E-state index is 0. The first kappa shape index (κ1) is 13.8. The molecule has 72 valence electrons. The average Bonchev–Trinajstić information content (AvgIpc) is 2.52. The van der Waals surface area contributed by atoms with Crippen molar-refractivity contribution in [2.45, 2.75) is 6.42 Å². The van der Waals surface area contributed by atoms with Gasteiger partial charge in [0.25, 0.3) is 0 Å². The second-order valence-corrected chi connectivity index (χ2v) is 3.25. The van der Waals surface area contributed by atoms with Gasteiger partial charge >= 0.3 is 29.6 Å². The predicted molar refractivity (Wildman–Crippen MR) is 41.2 cm³/mol. The van der Waals surface area contributed by atoms with Crippen LogP contribution < -0.4 is 35.1 Å². The number of quaternary nitrogens is 1. The number of nitrogens with one attached hydrogen (secondary N) is 1. The van der Waals surface area contributed by atoms with E-state index in [2.05, 4.69) is 0 Å². The molecule has 0 aromatic heterocycles. The SMILES string of the molecule is C[N+](O)(N[O-])N1CCC(CO)C1.[Na+]. The number of hydrogen-bond acceptors (Lipinski definition) is 5. The van der Waals surface area contributed by atoms with Crippen molar-refractivity contribution in [1.82, 2.24) is 10.6 Å². The van der Waals surface area contributed by atoms with Crippen LogP contribution in [0.15, 0.2) is 0 Å². The molecule has 1 aliphatic heterocycles. The summed E-state index contributed by atoms with van der Waals surface area (Å²) in [5.74, 6) is 0.169. The third kappa shape index (κ3) is 3.43. The van der Waals surface area contributed by atoms with Gasteiger partial charge in [-0.05, 0) is 11.3 Å². The van der Waals surface area contributed by atoms with Crippen LogP contribution in [0.5, 0.6) is 0 Å². The minimum atomic E-state index is -0.851. The normalized spacial score (nSPS) is 28.2. The van der Waals surface area contributed by atoms with Crippen molar-refractivity contribution in [2.24, 2.45) is 5.92 Å². The number of rotatable bonds is 3. The molecule has 6 nitrogen and oxygen atoms in total. The second kappa shape index (κ2) is 5.59. The average molecular weight is 200 g/mol. The maximum absolute atomic E-state index is 10.3. The zero-order chi connectivity index (χ0) is 9.19. The van der Waals surface area contributed by atoms with E-state index in [-0.39, 0.29) is 42.1 Å². The van der Waals surface area contributed by atoms with Gasteiger partial charge in [-0.2, -0.15) is 10.8 Å². The summed E-state index contributed by atoms with van der Waals surface area (Å²) in [5.41, 5.74) is 1.52. The summed E-state index contributed by atoms with van der Waals surface area (Å²) < 4.78 is 0. The molecule has 0 amide bonds. The van der Waals surface area contributed by atoms with Gasteiger partial charge in [0.2, 0.25) is 0 Å². The van der Waals surface area contributed by atoms with Crippen LogP contribution >= 0.6 is 0 Å². The number of hydrogen-bond donors (Lipinski definition) is 3. The van der Waals surface area contributed by atoms with Gasteiger partial charge in [0.05, 0.1) is 13.1 Å². The molecule has 1 saturated heterocycles. The number of hydroxylamine groups is 1. The molecular formula is C6H15N3NaO3+. The number of nitrogens with zero attached hydrogens (tertiary/aromatic N) is 2. The molecule has 2 unspecified atom stereocenters. The molecule has 0 aliphatic carbocycles. The molecule has 3 N–H and O–H groups in total. The summed E-state index contributed by atoms with van der Waals surface area (Å²) in [6, 6.07) is 0. The van der Waals surface area contributed by atoms with E-state index in [4.69, 9.17) is 5.11 Å². The van der Waals surface area contributed by atoms with Crippen LogP contribution in [0, 0.1) is 11.1 Å². The fraction of sp³-hybridized carbons (Fsp3) is 1.00. The molecule has 2 atom stereocenters. The first-order valence-corrected chi connectivity index (χ1v) is 3.95. The third-order valence-electron chi connectivity index (χ3n) is 2.25. The maximum Gasteiger partial charge on any atom is 1.00 e. The van der Waals surface area contributed by atoms with Crippen LogP contribution in [0.3, 0.4) is 0 Å². The largest absolute Gasteiger partial charge is 1.00 e. The van der Waals surface area contributed by atoms with Gasteiger partial charge in [0.15, 0.2) is 0 Å². The zero-order valence-electron chi connectivity index (χ0n) is 8.10. The van der Waals surface area contributed by atoms with E-state index >= 15 is 0 Å². The zero-order valence-corrected chi connectivity index (χ0v) is 10.1. The van der Waals surface area contributed by atoms with Gasteiger partial charge in [-0.25, -0.2) is 0 Å². The minimum Gasteiger partial charge on any atom is -0.738 e. The van der Waals surface area contributed by atoms with Crippen LogP contribution in [-0.2, 0) is 0 Å². The van der Waals surface area contributed by atoms with E-state index in [9.17, 15) is 10.4 Å². The Morgan fingerprint density at radius 1 is 1.69 bits per heavy atom. The van der Waals surface area contributed by atoms with Gasteiger partial charge in [-0.15, -0.1) is 5.01 Å². The summed E-state index contributed by atoms with van der Waals surface area (Å²) in [7, 11) is 1.35. The van der Waals surface area contributed by atoms with E-state index in [1.54, 1.807) is 5.01 Å². The van der Waals surface area contributed by atoms with Crippen LogP contribution in [0.4, 0.5) is 0 Å². The molecule has 7 heteroatoms.